The van der Waals surface area contributed by atoms with Crippen molar-refractivity contribution in [2.24, 2.45) is 0 Å². The normalized spacial score (nSPS) is 13.2. The summed E-state index contributed by atoms with van der Waals surface area (Å²) in [6.07, 6.45) is 0. The lowest BCUT2D eigenvalue weighted by molar-refractivity contribution is 0.566. The fourth-order valence-corrected chi connectivity index (χ4v) is 3.23. The molecule has 6 heteroatoms. The molecule has 106 valence electrons. The standard InChI is InChI=1S/C14H13BrFNO2S/c1-10(11-2-4-12(15)5-3-11)17-20(18,19)14-8-6-13(16)7-9-14/h2-10,17H,1H3. The van der Waals surface area contributed by atoms with Gasteiger partial charge in [-0.05, 0) is 48.9 Å². The number of sulfonamides is 1. The Morgan fingerprint density at radius 3 is 2.15 bits per heavy atom. The minimum Gasteiger partial charge on any atom is -0.207 e. The van der Waals surface area contributed by atoms with E-state index in [1.807, 2.05) is 24.3 Å². The van der Waals surface area contributed by atoms with Crippen LogP contribution < -0.4 is 4.72 Å². The van der Waals surface area contributed by atoms with E-state index in [2.05, 4.69) is 20.7 Å². The third kappa shape index (κ3) is 3.65. The van der Waals surface area contributed by atoms with Crippen LogP contribution in [0.25, 0.3) is 0 Å². The van der Waals surface area contributed by atoms with Crippen LogP contribution in [-0.2, 0) is 10.0 Å². The quantitative estimate of drug-likeness (QED) is 0.907. The van der Waals surface area contributed by atoms with Gasteiger partial charge in [-0.2, -0.15) is 0 Å². The molecular weight excluding hydrogens is 345 g/mol. The largest absolute Gasteiger partial charge is 0.241 e. The second-order valence-electron chi connectivity index (χ2n) is 4.35. The van der Waals surface area contributed by atoms with Crippen molar-refractivity contribution >= 4 is 26.0 Å². The average molecular weight is 358 g/mol. The van der Waals surface area contributed by atoms with Crippen LogP contribution in [0.3, 0.4) is 0 Å². The first-order valence-electron chi connectivity index (χ1n) is 5.92. The molecule has 3 nitrogen and oxygen atoms in total. The molecule has 2 aromatic carbocycles. The molecule has 0 saturated heterocycles. The third-order valence-electron chi connectivity index (χ3n) is 2.83. The van der Waals surface area contributed by atoms with E-state index in [-0.39, 0.29) is 10.9 Å². The van der Waals surface area contributed by atoms with Crippen molar-refractivity contribution in [2.45, 2.75) is 17.9 Å². The molecule has 0 saturated carbocycles. The zero-order chi connectivity index (χ0) is 14.8. The van der Waals surface area contributed by atoms with Gasteiger partial charge >= 0.3 is 0 Å². The number of hydrogen-bond donors (Lipinski definition) is 1. The van der Waals surface area contributed by atoms with E-state index in [9.17, 15) is 12.8 Å². The summed E-state index contributed by atoms with van der Waals surface area (Å²) < 4.78 is 40.6. The number of halogens is 2. The predicted molar refractivity (Wildman–Crippen MR) is 79.3 cm³/mol. The molecule has 0 spiro atoms. The Morgan fingerprint density at radius 1 is 1.05 bits per heavy atom. The number of benzene rings is 2. The van der Waals surface area contributed by atoms with Crippen LogP contribution in [0.4, 0.5) is 4.39 Å². The lowest BCUT2D eigenvalue weighted by Gasteiger charge is -2.14. The first-order valence-corrected chi connectivity index (χ1v) is 8.19. The van der Waals surface area contributed by atoms with Gasteiger partial charge in [-0.1, -0.05) is 28.1 Å². The molecule has 0 heterocycles. The topological polar surface area (TPSA) is 46.2 Å². The van der Waals surface area contributed by atoms with E-state index in [0.717, 1.165) is 22.2 Å². The SMILES string of the molecule is CC(NS(=O)(=O)c1ccc(F)cc1)c1ccc(Br)cc1. The highest BCUT2D eigenvalue weighted by Gasteiger charge is 2.18. The van der Waals surface area contributed by atoms with E-state index < -0.39 is 15.8 Å². The van der Waals surface area contributed by atoms with Gasteiger partial charge in [-0.15, -0.1) is 0 Å². The van der Waals surface area contributed by atoms with Crippen molar-refractivity contribution in [3.8, 4) is 0 Å². The third-order valence-corrected chi connectivity index (χ3v) is 4.91. The van der Waals surface area contributed by atoms with Crippen molar-refractivity contribution in [3.05, 3.63) is 64.4 Å². The molecule has 2 aromatic rings. The first-order chi connectivity index (χ1) is 9.38. The molecule has 0 aliphatic carbocycles. The summed E-state index contributed by atoms with van der Waals surface area (Å²) in [4.78, 5) is 0.0443. The molecule has 20 heavy (non-hydrogen) atoms. The lowest BCUT2D eigenvalue weighted by atomic mass is 10.1. The minimum absolute atomic E-state index is 0.0443. The van der Waals surface area contributed by atoms with Crippen LogP contribution in [0, 0.1) is 5.82 Å². The van der Waals surface area contributed by atoms with Gasteiger partial charge in [0.15, 0.2) is 0 Å². The van der Waals surface area contributed by atoms with E-state index in [1.54, 1.807) is 6.92 Å². The zero-order valence-electron chi connectivity index (χ0n) is 10.7. The van der Waals surface area contributed by atoms with Crippen molar-refractivity contribution < 1.29 is 12.8 Å². The van der Waals surface area contributed by atoms with Gasteiger partial charge in [-0.25, -0.2) is 17.5 Å². The van der Waals surface area contributed by atoms with E-state index in [0.29, 0.717) is 0 Å². The summed E-state index contributed by atoms with van der Waals surface area (Å²) in [5.74, 6) is -0.468. The van der Waals surface area contributed by atoms with Crippen LogP contribution >= 0.6 is 15.9 Å². The molecule has 0 aromatic heterocycles. The summed E-state index contributed by atoms with van der Waals surface area (Å²) in [6.45, 7) is 1.75. The Morgan fingerprint density at radius 2 is 1.60 bits per heavy atom. The van der Waals surface area contributed by atoms with E-state index >= 15 is 0 Å². The summed E-state index contributed by atoms with van der Waals surface area (Å²) in [7, 11) is -3.66. The second kappa shape index (κ2) is 6.03. The van der Waals surface area contributed by atoms with Crippen molar-refractivity contribution in [1.29, 1.82) is 0 Å². The molecule has 0 aliphatic heterocycles. The Balaban J connectivity index is 2.19. The molecule has 1 N–H and O–H groups in total. The van der Waals surface area contributed by atoms with Crippen molar-refractivity contribution in [2.75, 3.05) is 0 Å². The molecule has 1 unspecified atom stereocenters. The van der Waals surface area contributed by atoms with E-state index in [4.69, 9.17) is 0 Å². The summed E-state index contributed by atoms with van der Waals surface area (Å²) in [6, 6.07) is 11.7. The van der Waals surface area contributed by atoms with Gasteiger partial charge in [0.2, 0.25) is 10.0 Å². The van der Waals surface area contributed by atoms with Gasteiger partial charge in [-0.3, -0.25) is 0 Å². The molecular formula is C14H13BrFNO2S. The van der Waals surface area contributed by atoms with E-state index in [1.165, 1.54) is 12.1 Å². The fraction of sp³-hybridized carbons (Fsp3) is 0.143. The smallest absolute Gasteiger partial charge is 0.207 e. The molecule has 0 fully saturated rings. The van der Waals surface area contributed by atoms with Crippen LogP contribution in [0.15, 0.2) is 57.9 Å². The monoisotopic (exact) mass is 357 g/mol. The molecule has 1 atom stereocenters. The maximum atomic E-state index is 12.8. The molecule has 0 aliphatic rings. The Labute approximate surface area is 126 Å². The van der Waals surface area contributed by atoms with Crippen LogP contribution in [0.5, 0.6) is 0 Å². The van der Waals surface area contributed by atoms with Crippen LogP contribution in [-0.4, -0.2) is 8.42 Å². The van der Waals surface area contributed by atoms with Crippen molar-refractivity contribution in [1.82, 2.24) is 4.72 Å². The zero-order valence-corrected chi connectivity index (χ0v) is 13.1. The average Bonchev–Trinajstić information content (AvgIpc) is 2.39. The van der Waals surface area contributed by atoms with Gasteiger partial charge in [0.1, 0.15) is 5.82 Å². The summed E-state index contributed by atoms with van der Waals surface area (Å²) >= 11 is 3.33. The highest BCUT2D eigenvalue weighted by molar-refractivity contribution is 9.10. The molecule has 0 bridgehead atoms. The maximum absolute atomic E-state index is 12.8. The Bertz CT molecular complexity index is 684. The first kappa shape index (κ1) is 15.2. The summed E-state index contributed by atoms with van der Waals surface area (Å²) in [5.41, 5.74) is 0.846. The molecule has 0 radical (unpaired) electrons. The number of rotatable bonds is 4. The Hall–Kier alpha value is -1.24. The van der Waals surface area contributed by atoms with Crippen molar-refractivity contribution in [3.63, 3.8) is 0 Å². The van der Waals surface area contributed by atoms with Crippen LogP contribution in [0.1, 0.15) is 18.5 Å². The number of hydrogen-bond acceptors (Lipinski definition) is 2. The fourth-order valence-electron chi connectivity index (χ4n) is 1.73. The Kier molecular flexibility index (Phi) is 4.57. The summed E-state index contributed by atoms with van der Waals surface area (Å²) in [5, 5.41) is 0. The molecule has 2 rings (SSSR count). The number of nitrogens with one attached hydrogen (secondary N) is 1. The highest BCUT2D eigenvalue weighted by Crippen LogP contribution is 2.19. The molecule has 0 amide bonds. The lowest BCUT2D eigenvalue weighted by Crippen LogP contribution is -2.26. The van der Waals surface area contributed by atoms with Gasteiger partial charge in [0.05, 0.1) is 4.90 Å². The van der Waals surface area contributed by atoms with Crippen LogP contribution in [0.2, 0.25) is 0 Å². The maximum Gasteiger partial charge on any atom is 0.241 e. The second-order valence-corrected chi connectivity index (χ2v) is 6.98. The van der Waals surface area contributed by atoms with Gasteiger partial charge < -0.3 is 0 Å². The highest BCUT2D eigenvalue weighted by atomic mass is 79.9. The predicted octanol–water partition coefficient (Wildman–Crippen LogP) is 3.63. The van der Waals surface area contributed by atoms with Gasteiger partial charge in [0.25, 0.3) is 0 Å². The minimum atomic E-state index is -3.66. The van der Waals surface area contributed by atoms with Gasteiger partial charge in [0, 0.05) is 10.5 Å².